The normalized spacial score (nSPS) is 29.4. The van der Waals surface area contributed by atoms with Gasteiger partial charge in [-0.05, 0) is 18.9 Å². The number of benzene rings is 1. The summed E-state index contributed by atoms with van der Waals surface area (Å²) in [7, 11) is 0. The standard InChI is InChI=1S/C17H23NO3/c1-13(14-5-3-2-4-6-14)18-16-11-17(20-9-10-21-17)8-7-15(16)12-19/h2-6,12-13,15-16,18H,7-11H2,1H3/t13-,15+,16-/m1/s1. The van der Waals surface area contributed by atoms with Crippen LogP contribution in [0.2, 0.25) is 0 Å². The molecule has 0 amide bonds. The molecule has 3 rings (SSSR count). The molecular formula is C17H23NO3. The molecule has 0 unspecified atom stereocenters. The van der Waals surface area contributed by atoms with Crippen molar-refractivity contribution in [2.45, 2.75) is 44.1 Å². The fraction of sp³-hybridized carbons (Fsp3) is 0.588. The number of carbonyl (C=O) groups is 1. The van der Waals surface area contributed by atoms with Crippen LogP contribution in [0.15, 0.2) is 30.3 Å². The molecule has 0 aromatic heterocycles. The quantitative estimate of drug-likeness (QED) is 0.865. The summed E-state index contributed by atoms with van der Waals surface area (Å²) in [6.07, 6.45) is 3.46. The van der Waals surface area contributed by atoms with Crippen molar-refractivity contribution in [3.05, 3.63) is 35.9 Å². The van der Waals surface area contributed by atoms with Crippen molar-refractivity contribution < 1.29 is 14.3 Å². The van der Waals surface area contributed by atoms with Crippen molar-refractivity contribution in [2.75, 3.05) is 13.2 Å². The van der Waals surface area contributed by atoms with Gasteiger partial charge in [-0.25, -0.2) is 0 Å². The molecule has 114 valence electrons. The Kier molecular flexibility index (Phi) is 4.38. The van der Waals surface area contributed by atoms with Crippen molar-refractivity contribution in [3.8, 4) is 0 Å². The van der Waals surface area contributed by atoms with Gasteiger partial charge in [0.25, 0.3) is 0 Å². The summed E-state index contributed by atoms with van der Waals surface area (Å²) in [5.74, 6) is -0.428. The minimum Gasteiger partial charge on any atom is -0.347 e. The van der Waals surface area contributed by atoms with Crippen LogP contribution in [-0.2, 0) is 14.3 Å². The smallest absolute Gasteiger partial charge is 0.170 e. The Morgan fingerprint density at radius 2 is 2.00 bits per heavy atom. The molecule has 0 bridgehead atoms. The number of ether oxygens (including phenoxy) is 2. The molecule has 3 atom stereocenters. The third-order valence-corrected chi connectivity index (χ3v) is 4.66. The number of hydrogen-bond acceptors (Lipinski definition) is 4. The second-order valence-corrected chi connectivity index (χ2v) is 6.06. The van der Waals surface area contributed by atoms with Crippen LogP contribution in [0.25, 0.3) is 0 Å². The van der Waals surface area contributed by atoms with Crippen LogP contribution in [-0.4, -0.2) is 31.3 Å². The van der Waals surface area contributed by atoms with Crippen LogP contribution >= 0.6 is 0 Å². The summed E-state index contributed by atoms with van der Waals surface area (Å²) >= 11 is 0. The maximum absolute atomic E-state index is 11.4. The predicted molar refractivity (Wildman–Crippen MR) is 79.8 cm³/mol. The zero-order valence-electron chi connectivity index (χ0n) is 12.5. The summed E-state index contributed by atoms with van der Waals surface area (Å²) in [4.78, 5) is 11.4. The predicted octanol–water partition coefficient (Wildman–Crippen LogP) is 2.45. The summed E-state index contributed by atoms with van der Waals surface area (Å²) in [6, 6.07) is 10.6. The minimum absolute atomic E-state index is 0.0367. The van der Waals surface area contributed by atoms with Crippen molar-refractivity contribution in [1.29, 1.82) is 0 Å². The molecule has 1 aliphatic heterocycles. The molecular weight excluding hydrogens is 266 g/mol. The number of hydrogen-bond donors (Lipinski definition) is 1. The summed E-state index contributed by atoms with van der Waals surface area (Å²) < 4.78 is 11.6. The first-order chi connectivity index (χ1) is 10.2. The molecule has 4 heteroatoms. The zero-order chi connectivity index (χ0) is 14.7. The van der Waals surface area contributed by atoms with Crippen LogP contribution in [0.1, 0.15) is 37.8 Å². The van der Waals surface area contributed by atoms with Crippen molar-refractivity contribution in [1.82, 2.24) is 5.32 Å². The monoisotopic (exact) mass is 289 g/mol. The molecule has 1 saturated heterocycles. The van der Waals surface area contributed by atoms with E-state index in [0.717, 1.165) is 25.5 Å². The Morgan fingerprint density at radius 3 is 2.67 bits per heavy atom. The van der Waals surface area contributed by atoms with E-state index in [2.05, 4.69) is 24.4 Å². The molecule has 1 saturated carbocycles. The Balaban J connectivity index is 1.70. The maximum atomic E-state index is 11.4. The first-order valence-electron chi connectivity index (χ1n) is 7.77. The van der Waals surface area contributed by atoms with E-state index in [0.29, 0.717) is 13.2 Å². The molecule has 1 aromatic carbocycles. The topological polar surface area (TPSA) is 47.6 Å². The largest absolute Gasteiger partial charge is 0.347 e. The van der Waals surface area contributed by atoms with Gasteiger partial charge in [-0.3, -0.25) is 0 Å². The van der Waals surface area contributed by atoms with E-state index in [4.69, 9.17) is 9.47 Å². The van der Waals surface area contributed by atoms with Gasteiger partial charge in [0.2, 0.25) is 0 Å². The van der Waals surface area contributed by atoms with E-state index in [1.165, 1.54) is 5.56 Å². The molecule has 1 heterocycles. The second kappa shape index (κ2) is 6.26. The molecule has 1 N–H and O–H groups in total. The molecule has 4 nitrogen and oxygen atoms in total. The molecule has 2 fully saturated rings. The molecule has 2 aliphatic rings. The SMILES string of the molecule is C[C@@H](N[C@@H]1CC2(CC[C@H]1C=O)OCCO2)c1ccccc1. The Labute approximate surface area is 125 Å². The molecule has 1 aromatic rings. The van der Waals surface area contributed by atoms with Gasteiger partial charge < -0.3 is 19.6 Å². The lowest BCUT2D eigenvalue weighted by Gasteiger charge is -2.40. The highest BCUT2D eigenvalue weighted by Crippen LogP contribution is 2.38. The first kappa shape index (κ1) is 14.7. The van der Waals surface area contributed by atoms with Crippen LogP contribution in [0.3, 0.4) is 0 Å². The summed E-state index contributed by atoms with van der Waals surface area (Å²) in [5.41, 5.74) is 1.23. The average molecular weight is 289 g/mol. The second-order valence-electron chi connectivity index (χ2n) is 6.06. The van der Waals surface area contributed by atoms with E-state index in [1.54, 1.807) is 0 Å². The highest BCUT2D eigenvalue weighted by Gasteiger charge is 2.45. The van der Waals surface area contributed by atoms with E-state index >= 15 is 0 Å². The number of carbonyl (C=O) groups excluding carboxylic acids is 1. The van der Waals surface area contributed by atoms with E-state index < -0.39 is 5.79 Å². The van der Waals surface area contributed by atoms with E-state index in [-0.39, 0.29) is 18.0 Å². The highest BCUT2D eigenvalue weighted by molar-refractivity contribution is 5.55. The Morgan fingerprint density at radius 1 is 1.29 bits per heavy atom. The molecule has 0 radical (unpaired) electrons. The van der Waals surface area contributed by atoms with Gasteiger partial charge >= 0.3 is 0 Å². The van der Waals surface area contributed by atoms with E-state index in [1.807, 2.05) is 18.2 Å². The molecule has 1 spiro atoms. The van der Waals surface area contributed by atoms with E-state index in [9.17, 15) is 4.79 Å². The third kappa shape index (κ3) is 3.18. The van der Waals surface area contributed by atoms with Crippen molar-refractivity contribution in [3.63, 3.8) is 0 Å². The fourth-order valence-corrected chi connectivity index (χ4v) is 3.44. The van der Waals surface area contributed by atoms with Gasteiger partial charge in [0.1, 0.15) is 6.29 Å². The van der Waals surface area contributed by atoms with Crippen molar-refractivity contribution in [2.24, 2.45) is 5.92 Å². The number of nitrogens with one attached hydrogen (secondary N) is 1. The molecule has 21 heavy (non-hydrogen) atoms. The Bertz CT molecular complexity index is 470. The lowest BCUT2D eigenvalue weighted by molar-refractivity contribution is -0.188. The third-order valence-electron chi connectivity index (χ3n) is 4.66. The summed E-state index contributed by atoms with van der Waals surface area (Å²) in [5, 5.41) is 3.60. The average Bonchev–Trinajstić information content (AvgIpc) is 2.96. The highest BCUT2D eigenvalue weighted by atomic mass is 16.7. The lowest BCUT2D eigenvalue weighted by Crippen LogP contribution is -2.50. The van der Waals surface area contributed by atoms with Crippen LogP contribution in [0.4, 0.5) is 0 Å². The zero-order valence-corrected chi connectivity index (χ0v) is 12.5. The van der Waals surface area contributed by atoms with Gasteiger partial charge in [0, 0.05) is 30.8 Å². The van der Waals surface area contributed by atoms with Gasteiger partial charge in [0.15, 0.2) is 5.79 Å². The number of rotatable bonds is 4. The maximum Gasteiger partial charge on any atom is 0.170 e. The fourth-order valence-electron chi connectivity index (χ4n) is 3.44. The lowest BCUT2D eigenvalue weighted by atomic mass is 9.81. The van der Waals surface area contributed by atoms with Crippen LogP contribution < -0.4 is 5.32 Å². The van der Waals surface area contributed by atoms with Gasteiger partial charge in [-0.2, -0.15) is 0 Å². The first-order valence-corrected chi connectivity index (χ1v) is 7.77. The van der Waals surface area contributed by atoms with Crippen LogP contribution in [0, 0.1) is 5.92 Å². The van der Waals surface area contributed by atoms with Gasteiger partial charge in [-0.1, -0.05) is 30.3 Å². The summed E-state index contributed by atoms with van der Waals surface area (Å²) in [6.45, 7) is 3.45. The van der Waals surface area contributed by atoms with Gasteiger partial charge in [-0.15, -0.1) is 0 Å². The Hall–Kier alpha value is -1.23. The van der Waals surface area contributed by atoms with Gasteiger partial charge in [0.05, 0.1) is 13.2 Å². The van der Waals surface area contributed by atoms with Crippen molar-refractivity contribution >= 4 is 6.29 Å². The van der Waals surface area contributed by atoms with Crippen LogP contribution in [0.5, 0.6) is 0 Å². The number of aldehydes is 1. The molecule has 1 aliphatic carbocycles. The minimum atomic E-state index is -0.465.